The Kier molecular flexibility index (Phi) is 9.81. The fraction of sp³-hybridized carbons (Fsp3) is 0.0127. The van der Waals surface area contributed by atoms with Crippen LogP contribution in [0.2, 0.25) is 0 Å². The van der Waals surface area contributed by atoms with Gasteiger partial charge in [0.15, 0.2) is 0 Å². The first-order chi connectivity index (χ1) is 41.2. The Balaban J connectivity index is 0.993. The van der Waals surface area contributed by atoms with Gasteiger partial charge in [-0.15, -0.1) is 0 Å². The Hall–Kier alpha value is -10.7. The van der Waals surface area contributed by atoms with Crippen molar-refractivity contribution in [3.63, 3.8) is 0 Å². The van der Waals surface area contributed by atoms with E-state index >= 15 is 0 Å². The number of nitrogens with zero attached hydrogens (tertiary/aromatic N) is 3. The van der Waals surface area contributed by atoms with E-state index in [1.807, 2.05) is 0 Å². The van der Waals surface area contributed by atoms with Crippen LogP contribution in [0.3, 0.4) is 0 Å². The maximum atomic E-state index is 2.67. The molecule has 0 saturated heterocycles. The van der Waals surface area contributed by atoms with Crippen LogP contribution in [-0.2, 0) is 5.41 Å². The lowest BCUT2D eigenvalue weighted by Crippen LogP contribution is -2.60. The number of hydrogen-bond donors (Lipinski definition) is 0. The highest BCUT2D eigenvalue weighted by Crippen LogP contribution is 2.58. The molecule has 0 radical (unpaired) electrons. The quantitative estimate of drug-likeness (QED) is 0.145. The minimum absolute atomic E-state index is 0.114. The van der Waals surface area contributed by atoms with Crippen LogP contribution >= 0.6 is 0 Å². The summed E-state index contributed by atoms with van der Waals surface area (Å²) in [5.41, 5.74) is 28.8. The number of fused-ring (bicyclic) bond motifs is 13. The van der Waals surface area contributed by atoms with Gasteiger partial charge in [-0.1, -0.05) is 237 Å². The first kappa shape index (κ1) is 46.1. The predicted octanol–water partition coefficient (Wildman–Crippen LogP) is 17.9. The molecular formula is C79H50BN3. The summed E-state index contributed by atoms with van der Waals surface area (Å²) in [5.74, 6) is 0. The molecule has 83 heavy (non-hydrogen) atoms. The lowest BCUT2D eigenvalue weighted by molar-refractivity contribution is 0.769. The molecule has 3 nitrogen and oxygen atoms in total. The zero-order chi connectivity index (χ0) is 54.3. The largest absolute Gasteiger partial charge is 0.311 e. The molecule has 0 fully saturated rings. The van der Waals surface area contributed by atoms with Crippen molar-refractivity contribution in [2.45, 2.75) is 5.41 Å². The molecule has 18 rings (SSSR count). The third-order valence-electron chi connectivity index (χ3n) is 18.5. The lowest BCUT2D eigenvalue weighted by Gasteiger charge is -2.41. The predicted molar refractivity (Wildman–Crippen MR) is 348 cm³/mol. The minimum atomic E-state index is -0.565. The van der Waals surface area contributed by atoms with E-state index in [0.29, 0.717) is 0 Å². The van der Waals surface area contributed by atoms with Gasteiger partial charge >= 0.3 is 0 Å². The molecule has 0 atom stereocenters. The standard InChI is InChI=1S/C79H50BN3/c1-6-24-51(25-7-1)53-28-22-29-54(44-53)59-36-17-20-42-70(59)82-74-48-65-61-38-18-21-43-71(61)81(58-34-14-5-15-35-58)73(65)50-69(74)80-68-41-23-39-62-64-47-63-60-37-16-19-40-66(60)79(56-30-10-3-11-31-56,57-32-12-4-13-33-57)67(63)49-72(64)83(78(62)68)76-46-55(45-75(82)77(76)80)52-26-8-2-9-27-52/h1-50H. The van der Waals surface area contributed by atoms with E-state index < -0.39 is 5.41 Å². The molecule has 2 aliphatic heterocycles. The van der Waals surface area contributed by atoms with E-state index in [0.717, 1.165) is 11.4 Å². The first-order valence-corrected chi connectivity index (χ1v) is 28.9. The fourth-order valence-corrected chi connectivity index (χ4v) is 15.2. The van der Waals surface area contributed by atoms with Gasteiger partial charge in [-0.2, -0.15) is 0 Å². The van der Waals surface area contributed by atoms with Crippen LogP contribution in [0.15, 0.2) is 303 Å². The zero-order valence-electron chi connectivity index (χ0n) is 45.3. The van der Waals surface area contributed by atoms with Crippen LogP contribution < -0.4 is 21.3 Å². The van der Waals surface area contributed by atoms with Crippen molar-refractivity contribution in [1.82, 2.24) is 9.13 Å². The molecule has 0 N–H and O–H groups in total. The summed E-state index contributed by atoms with van der Waals surface area (Å²) in [5, 5.41) is 4.97. The summed E-state index contributed by atoms with van der Waals surface area (Å²) in [6, 6.07) is 114. The van der Waals surface area contributed by atoms with Gasteiger partial charge in [0.1, 0.15) is 0 Å². The SMILES string of the molecule is c1ccc(-c2cccc(-c3ccccc3N3c4cc5c6ccccc6n(-c6ccccc6)c5cc4B4c5c3cc(-c3ccccc3)cc5-n3c5cc6c(cc5c5cccc4c53)-c3ccccc3C6(c3ccccc3)c3ccccc3)c2)cc1. The van der Waals surface area contributed by atoms with Crippen molar-refractivity contribution in [3.8, 4) is 55.9 Å². The van der Waals surface area contributed by atoms with Crippen molar-refractivity contribution in [2.24, 2.45) is 0 Å². The number of benzene rings is 13. The Morgan fingerprint density at radius 3 is 1.60 bits per heavy atom. The molecule has 0 unspecified atom stereocenters. The van der Waals surface area contributed by atoms with Gasteiger partial charge in [0.05, 0.1) is 27.7 Å². The third kappa shape index (κ3) is 6.46. The number of anilines is 3. The average Bonchev–Trinajstić information content (AvgIpc) is 1.70. The third-order valence-corrected chi connectivity index (χ3v) is 18.5. The highest BCUT2D eigenvalue weighted by molar-refractivity contribution is 7.00. The molecule has 0 spiro atoms. The minimum Gasteiger partial charge on any atom is -0.311 e. The van der Waals surface area contributed by atoms with Crippen molar-refractivity contribution < 1.29 is 0 Å². The van der Waals surface area contributed by atoms with Crippen LogP contribution in [0.25, 0.3) is 99.5 Å². The zero-order valence-corrected chi connectivity index (χ0v) is 45.3. The summed E-state index contributed by atoms with van der Waals surface area (Å²) in [7, 11) is 0. The van der Waals surface area contributed by atoms with Gasteiger partial charge in [-0.05, 0) is 144 Å². The van der Waals surface area contributed by atoms with Crippen molar-refractivity contribution in [1.29, 1.82) is 0 Å². The Labute approximate surface area is 481 Å². The van der Waals surface area contributed by atoms with Crippen molar-refractivity contribution in [3.05, 3.63) is 326 Å². The second kappa shape index (κ2) is 17.7. The summed E-state index contributed by atoms with van der Waals surface area (Å²) < 4.78 is 5.16. The van der Waals surface area contributed by atoms with E-state index in [1.165, 1.54) is 144 Å². The van der Waals surface area contributed by atoms with Crippen molar-refractivity contribution >= 4 is 83.8 Å². The van der Waals surface area contributed by atoms with Crippen molar-refractivity contribution in [2.75, 3.05) is 4.90 Å². The maximum Gasteiger partial charge on any atom is 0.252 e. The summed E-state index contributed by atoms with van der Waals surface area (Å²) >= 11 is 0. The Morgan fingerprint density at radius 1 is 0.277 bits per heavy atom. The second-order valence-corrected chi connectivity index (χ2v) is 22.7. The van der Waals surface area contributed by atoms with Gasteiger partial charge in [-0.25, -0.2) is 0 Å². The molecule has 3 aliphatic rings. The maximum absolute atomic E-state index is 2.67. The second-order valence-electron chi connectivity index (χ2n) is 22.7. The molecular weight excluding hydrogens is 1000 g/mol. The molecule has 384 valence electrons. The van der Waals surface area contributed by atoms with Gasteiger partial charge < -0.3 is 14.0 Å². The summed E-state index contributed by atoms with van der Waals surface area (Å²) in [4.78, 5) is 2.64. The molecule has 0 amide bonds. The first-order valence-electron chi connectivity index (χ1n) is 28.9. The van der Waals surface area contributed by atoms with Gasteiger partial charge in [0.25, 0.3) is 6.71 Å². The summed E-state index contributed by atoms with van der Waals surface area (Å²) in [6.45, 7) is -0.114. The smallest absolute Gasteiger partial charge is 0.252 e. The van der Waals surface area contributed by atoms with Crippen LogP contribution in [-0.4, -0.2) is 15.8 Å². The monoisotopic (exact) mass is 1050 g/mol. The number of rotatable bonds is 7. The van der Waals surface area contributed by atoms with Gasteiger partial charge in [0, 0.05) is 55.4 Å². The van der Waals surface area contributed by atoms with Crippen LogP contribution in [0.5, 0.6) is 0 Å². The van der Waals surface area contributed by atoms with E-state index in [2.05, 4.69) is 317 Å². The topological polar surface area (TPSA) is 13.1 Å². The molecule has 4 heteroatoms. The number of para-hydroxylation sites is 4. The Bertz CT molecular complexity index is 5100. The number of hydrogen-bond acceptors (Lipinski definition) is 1. The van der Waals surface area contributed by atoms with Crippen LogP contribution in [0.1, 0.15) is 22.3 Å². The molecule has 1 aliphatic carbocycles. The van der Waals surface area contributed by atoms with E-state index in [4.69, 9.17) is 0 Å². The molecule has 4 heterocycles. The summed E-state index contributed by atoms with van der Waals surface area (Å²) in [6.07, 6.45) is 0. The van der Waals surface area contributed by atoms with Crippen LogP contribution in [0.4, 0.5) is 17.1 Å². The van der Waals surface area contributed by atoms with Gasteiger partial charge in [-0.3, -0.25) is 0 Å². The molecule has 2 aromatic heterocycles. The Morgan fingerprint density at radius 2 is 0.843 bits per heavy atom. The normalized spacial score (nSPS) is 13.3. The highest BCUT2D eigenvalue weighted by Gasteiger charge is 2.48. The van der Waals surface area contributed by atoms with E-state index in [-0.39, 0.29) is 6.71 Å². The van der Waals surface area contributed by atoms with E-state index in [9.17, 15) is 0 Å². The fourth-order valence-electron chi connectivity index (χ4n) is 15.2. The molecule has 0 saturated carbocycles. The molecule has 13 aromatic carbocycles. The molecule has 0 bridgehead atoms. The highest BCUT2D eigenvalue weighted by atomic mass is 15.2. The average molecular weight is 1050 g/mol. The lowest BCUT2D eigenvalue weighted by atomic mass is 9.33. The molecule has 15 aromatic rings. The van der Waals surface area contributed by atoms with Gasteiger partial charge in [0.2, 0.25) is 0 Å². The number of aromatic nitrogens is 2. The van der Waals surface area contributed by atoms with E-state index in [1.54, 1.807) is 0 Å². The van der Waals surface area contributed by atoms with Crippen LogP contribution in [0, 0.1) is 0 Å².